The third-order valence-electron chi connectivity index (χ3n) is 1.73. The maximum absolute atomic E-state index is 12.8. The number of hydrogen-bond donors (Lipinski definition) is 0. The van der Waals surface area contributed by atoms with Crippen LogP contribution in [0.15, 0.2) is 18.5 Å². The lowest BCUT2D eigenvalue weighted by molar-refractivity contribution is -0.340. The van der Waals surface area contributed by atoms with Crippen molar-refractivity contribution in [2.45, 2.75) is 18.0 Å². The minimum Gasteiger partial charge on any atom is -0.265 e. The van der Waals surface area contributed by atoms with Gasteiger partial charge in [-0.15, -0.1) is 0 Å². The van der Waals surface area contributed by atoms with Gasteiger partial charge in [0.1, 0.15) is 0 Å². The van der Waals surface area contributed by atoms with Gasteiger partial charge in [0.25, 0.3) is 0 Å². The molecule has 0 saturated heterocycles. The molecule has 1 aromatic rings. The SMILES string of the molecule is O=C(n1cccn1)C(F)(F)C(F)(F)C(F)(F)F. The fraction of sp³-hybridized carbons (Fsp3) is 0.429. The van der Waals surface area contributed by atoms with E-state index in [-0.39, 0.29) is 4.68 Å². The van der Waals surface area contributed by atoms with Gasteiger partial charge in [-0.1, -0.05) is 0 Å². The predicted octanol–water partition coefficient (Wildman–Crippen LogP) is 2.36. The van der Waals surface area contributed by atoms with Crippen LogP contribution in [-0.2, 0) is 0 Å². The molecule has 10 heteroatoms. The molecule has 0 aliphatic rings. The summed E-state index contributed by atoms with van der Waals surface area (Å²) in [4.78, 5) is 10.8. The summed E-state index contributed by atoms with van der Waals surface area (Å²) in [6.45, 7) is 0. The summed E-state index contributed by atoms with van der Waals surface area (Å²) < 4.78 is 85.2. The maximum atomic E-state index is 12.8. The van der Waals surface area contributed by atoms with E-state index in [2.05, 4.69) is 5.10 Å². The average molecular weight is 264 g/mol. The fourth-order valence-corrected chi connectivity index (χ4v) is 0.845. The molecular weight excluding hydrogens is 261 g/mol. The minimum atomic E-state index is -6.54. The number of hydrogen-bond acceptors (Lipinski definition) is 2. The molecule has 0 N–H and O–H groups in total. The molecule has 0 atom stereocenters. The van der Waals surface area contributed by atoms with Crippen LogP contribution in [0.3, 0.4) is 0 Å². The second-order valence-electron chi connectivity index (χ2n) is 2.90. The fourth-order valence-electron chi connectivity index (χ4n) is 0.845. The molecule has 1 aromatic heterocycles. The van der Waals surface area contributed by atoms with Crippen molar-refractivity contribution in [3.63, 3.8) is 0 Å². The lowest BCUT2D eigenvalue weighted by Crippen LogP contribution is -2.57. The molecule has 96 valence electrons. The molecule has 0 unspecified atom stereocenters. The van der Waals surface area contributed by atoms with Crippen molar-refractivity contribution in [1.29, 1.82) is 0 Å². The van der Waals surface area contributed by atoms with E-state index in [0.29, 0.717) is 6.20 Å². The second-order valence-corrected chi connectivity index (χ2v) is 2.90. The monoisotopic (exact) mass is 264 g/mol. The van der Waals surface area contributed by atoms with Crippen molar-refractivity contribution < 1.29 is 35.5 Å². The minimum absolute atomic E-state index is 0.292. The first-order chi connectivity index (χ1) is 7.52. The Morgan fingerprint density at radius 3 is 1.94 bits per heavy atom. The maximum Gasteiger partial charge on any atom is 0.460 e. The molecule has 1 rings (SSSR count). The van der Waals surface area contributed by atoms with Gasteiger partial charge in [-0.05, 0) is 6.07 Å². The van der Waals surface area contributed by atoms with Crippen molar-refractivity contribution in [2.75, 3.05) is 0 Å². The van der Waals surface area contributed by atoms with E-state index in [0.717, 1.165) is 12.3 Å². The van der Waals surface area contributed by atoms with Gasteiger partial charge >= 0.3 is 23.9 Å². The zero-order valence-corrected chi connectivity index (χ0v) is 7.68. The second kappa shape index (κ2) is 3.70. The van der Waals surface area contributed by atoms with Gasteiger partial charge in [0.05, 0.1) is 0 Å². The number of aromatic nitrogens is 2. The summed E-state index contributed by atoms with van der Waals surface area (Å²) in [7, 11) is 0. The molecule has 0 fully saturated rings. The summed E-state index contributed by atoms with van der Waals surface area (Å²) >= 11 is 0. The van der Waals surface area contributed by atoms with E-state index in [1.54, 1.807) is 0 Å². The summed E-state index contributed by atoms with van der Waals surface area (Å²) in [6.07, 6.45) is -5.23. The zero-order chi connectivity index (χ0) is 13.5. The lowest BCUT2D eigenvalue weighted by atomic mass is 10.1. The third-order valence-corrected chi connectivity index (χ3v) is 1.73. The average Bonchev–Trinajstić information content (AvgIpc) is 2.66. The van der Waals surface area contributed by atoms with Crippen LogP contribution in [0.25, 0.3) is 0 Å². The Bertz CT molecular complexity index is 408. The van der Waals surface area contributed by atoms with E-state index in [9.17, 15) is 35.5 Å². The number of carbonyl (C=O) groups excluding carboxylic acids is 1. The predicted molar refractivity (Wildman–Crippen MR) is 38.8 cm³/mol. The Kier molecular flexibility index (Phi) is 2.93. The van der Waals surface area contributed by atoms with Crippen LogP contribution in [0.1, 0.15) is 4.79 Å². The van der Waals surface area contributed by atoms with Gasteiger partial charge in [0, 0.05) is 12.4 Å². The number of nitrogens with zero attached hydrogens (tertiary/aromatic N) is 2. The quantitative estimate of drug-likeness (QED) is 0.768. The van der Waals surface area contributed by atoms with Crippen LogP contribution in [0, 0.1) is 0 Å². The Labute approximate surface area is 88.8 Å². The van der Waals surface area contributed by atoms with Crippen LogP contribution in [0.4, 0.5) is 30.7 Å². The van der Waals surface area contributed by atoms with E-state index in [1.165, 1.54) is 0 Å². The van der Waals surface area contributed by atoms with Gasteiger partial charge in [-0.25, -0.2) is 4.68 Å². The van der Waals surface area contributed by atoms with Gasteiger partial charge < -0.3 is 0 Å². The molecule has 0 amide bonds. The van der Waals surface area contributed by atoms with E-state index in [4.69, 9.17) is 0 Å². The van der Waals surface area contributed by atoms with Gasteiger partial charge in [-0.3, -0.25) is 4.79 Å². The molecule has 3 nitrogen and oxygen atoms in total. The van der Waals surface area contributed by atoms with Crippen molar-refractivity contribution in [3.8, 4) is 0 Å². The van der Waals surface area contributed by atoms with Crippen LogP contribution in [0.5, 0.6) is 0 Å². The summed E-state index contributed by atoms with van der Waals surface area (Å²) in [5.41, 5.74) is 0. The molecule has 0 aromatic carbocycles. The standard InChI is InChI=1S/C7H3F7N2O/c8-5(9,6(10,11)7(12,13)14)4(17)16-3-1-2-15-16/h1-3H. The summed E-state index contributed by atoms with van der Waals surface area (Å²) in [5.74, 6) is -15.2. The highest BCUT2D eigenvalue weighted by Crippen LogP contribution is 2.46. The number of alkyl halides is 7. The highest BCUT2D eigenvalue weighted by atomic mass is 19.4. The van der Waals surface area contributed by atoms with Crippen molar-refractivity contribution >= 4 is 5.91 Å². The first kappa shape index (κ1) is 13.5. The number of halogens is 7. The van der Waals surface area contributed by atoms with Crippen molar-refractivity contribution in [3.05, 3.63) is 18.5 Å². The molecule has 0 saturated carbocycles. The van der Waals surface area contributed by atoms with Crippen LogP contribution >= 0.6 is 0 Å². The normalized spacial score (nSPS) is 13.8. The molecule has 0 aliphatic heterocycles. The molecule has 17 heavy (non-hydrogen) atoms. The van der Waals surface area contributed by atoms with E-state index >= 15 is 0 Å². The van der Waals surface area contributed by atoms with Gasteiger partial charge in [-0.2, -0.15) is 35.8 Å². The first-order valence-corrected chi connectivity index (χ1v) is 3.88. The van der Waals surface area contributed by atoms with Gasteiger partial charge in [0.2, 0.25) is 0 Å². The van der Waals surface area contributed by atoms with Crippen molar-refractivity contribution in [1.82, 2.24) is 9.78 Å². The Balaban J connectivity index is 3.16. The van der Waals surface area contributed by atoms with E-state index in [1.807, 2.05) is 0 Å². The third kappa shape index (κ3) is 1.98. The zero-order valence-electron chi connectivity index (χ0n) is 7.68. The van der Waals surface area contributed by atoms with Crippen LogP contribution in [0.2, 0.25) is 0 Å². The molecule has 0 aliphatic carbocycles. The molecule has 1 heterocycles. The van der Waals surface area contributed by atoms with Crippen LogP contribution < -0.4 is 0 Å². The molecule has 0 radical (unpaired) electrons. The summed E-state index contributed by atoms with van der Waals surface area (Å²) in [6, 6.07) is 0.916. The topological polar surface area (TPSA) is 34.9 Å². The van der Waals surface area contributed by atoms with Gasteiger partial charge in [0.15, 0.2) is 0 Å². The largest absolute Gasteiger partial charge is 0.460 e. The Hall–Kier alpha value is -1.61. The summed E-state index contributed by atoms with van der Waals surface area (Å²) in [5, 5.41) is 2.86. The van der Waals surface area contributed by atoms with Crippen LogP contribution in [-0.4, -0.2) is 33.7 Å². The smallest absolute Gasteiger partial charge is 0.265 e. The highest BCUT2D eigenvalue weighted by Gasteiger charge is 2.76. The number of carbonyl (C=O) groups is 1. The molecule has 0 spiro atoms. The van der Waals surface area contributed by atoms with E-state index < -0.39 is 23.9 Å². The molecular formula is C7H3F7N2O. The Morgan fingerprint density at radius 1 is 1.06 bits per heavy atom. The lowest BCUT2D eigenvalue weighted by Gasteiger charge is -2.26. The van der Waals surface area contributed by atoms with Crippen molar-refractivity contribution in [2.24, 2.45) is 0 Å². The first-order valence-electron chi connectivity index (χ1n) is 3.88. The Morgan fingerprint density at radius 2 is 1.59 bits per heavy atom. The number of rotatable bonds is 2. The highest BCUT2D eigenvalue weighted by molar-refractivity contribution is 5.86. The molecule has 0 bridgehead atoms.